The summed E-state index contributed by atoms with van der Waals surface area (Å²) in [4.78, 5) is 17.4. The van der Waals surface area contributed by atoms with E-state index in [1.54, 1.807) is 6.92 Å². The van der Waals surface area contributed by atoms with Crippen molar-refractivity contribution in [3.63, 3.8) is 0 Å². The van der Waals surface area contributed by atoms with E-state index in [1.165, 1.54) is 7.11 Å². The molecule has 0 radical (unpaired) electrons. The van der Waals surface area contributed by atoms with Gasteiger partial charge in [0.25, 0.3) is 0 Å². The van der Waals surface area contributed by atoms with Crippen molar-refractivity contribution < 1.29 is 25.0 Å². The Labute approximate surface area is 166 Å². The maximum Gasteiger partial charge on any atom is 0.133 e. The van der Waals surface area contributed by atoms with E-state index in [9.17, 15) is 20.1 Å². The van der Waals surface area contributed by atoms with Crippen LogP contribution in [0.5, 0.6) is 0 Å². The van der Waals surface area contributed by atoms with Crippen LogP contribution < -0.4 is 0 Å². The minimum atomic E-state index is -1.05. The highest BCUT2D eigenvalue weighted by molar-refractivity contribution is 5.99. The Morgan fingerprint density at radius 2 is 1.89 bits per heavy atom. The summed E-state index contributed by atoms with van der Waals surface area (Å²) in [7, 11) is 1.50. The number of ketones is 1. The van der Waals surface area contributed by atoms with Crippen molar-refractivity contribution in [1.82, 2.24) is 0 Å². The van der Waals surface area contributed by atoms with E-state index >= 15 is 0 Å². The molecule has 0 aromatic heterocycles. The molecule has 0 bridgehead atoms. The van der Waals surface area contributed by atoms with Gasteiger partial charge >= 0.3 is 0 Å². The predicted octanol–water partition coefficient (Wildman–Crippen LogP) is 2.21. The topological polar surface area (TPSA) is 99.4 Å². The molecule has 4 aliphatic rings. The van der Waals surface area contributed by atoms with Gasteiger partial charge in [0, 0.05) is 17.3 Å². The number of carbonyl (C=O) groups is 1. The Kier molecular flexibility index (Phi) is 4.57. The molecule has 0 aromatic carbocycles. The van der Waals surface area contributed by atoms with Gasteiger partial charge in [-0.2, -0.15) is 0 Å². The fourth-order valence-corrected chi connectivity index (χ4v) is 7.24. The number of carbonyl (C=O) groups excluding carboxylic acids is 1. The molecule has 0 spiro atoms. The van der Waals surface area contributed by atoms with Crippen LogP contribution in [0.4, 0.5) is 0 Å². The van der Waals surface area contributed by atoms with Crippen molar-refractivity contribution >= 4 is 11.5 Å². The normalized spacial score (nSPS) is 51.8. The van der Waals surface area contributed by atoms with Gasteiger partial charge in [0.1, 0.15) is 12.9 Å². The first kappa shape index (κ1) is 20.0. The molecule has 3 N–H and O–H groups in total. The zero-order valence-electron chi connectivity index (χ0n) is 17.3. The van der Waals surface area contributed by atoms with Gasteiger partial charge in [-0.05, 0) is 68.4 Å². The second-order valence-electron chi connectivity index (χ2n) is 10.0. The second kappa shape index (κ2) is 6.38. The number of fused-ring (bicyclic) bond motifs is 5. The van der Waals surface area contributed by atoms with Gasteiger partial charge in [-0.3, -0.25) is 4.79 Å². The van der Waals surface area contributed by atoms with Crippen LogP contribution in [0.1, 0.15) is 59.3 Å². The van der Waals surface area contributed by atoms with Crippen molar-refractivity contribution in [1.29, 1.82) is 0 Å². The van der Waals surface area contributed by atoms with E-state index in [-0.39, 0.29) is 29.0 Å². The maximum atomic E-state index is 12.3. The standard InChI is InChI=1S/C22H33NO5/c1-12(24)13-6-8-22(27)15-9-17(23-28-4)16-10-18(25)19(26)11-20(16,2)14(15)5-7-21(13,22)3/h9,13-14,16,18-19,25-27H,5-8,10-11H2,1-4H3. The molecule has 28 heavy (non-hydrogen) atoms. The monoisotopic (exact) mass is 391 g/mol. The van der Waals surface area contributed by atoms with E-state index in [0.29, 0.717) is 25.7 Å². The molecule has 156 valence electrons. The van der Waals surface area contributed by atoms with Crippen LogP contribution in [-0.2, 0) is 9.63 Å². The molecule has 6 heteroatoms. The van der Waals surface area contributed by atoms with E-state index in [4.69, 9.17) is 4.84 Å². The highest BCUT2D eigenvalue weighted by Crippen LogP contribution is 2.67. The number of Topliss-reactive ketones (excluding diaryl/α,β-unsaturated/α-hetero) is 1. The summed E-state index contributed by atoms with van der Waals surface area (Å²) in [5, 5.41) is 37.0. The van der Waals surface area contributed by atoms with Gasteiger partial charge in [-0.25, -0.2) is 0 Å². The lowest BCUT2D eigenvalue weighted by molar-refractivity contribution is -0.137. The Bertz CT molecular complexity index is 747. The third-order valence-corrected chi connectivity index (χ3v) is 8.82. The Morgan fingerprint density at radius 3 is 2.54 bits per heavy atom. The van der Waals surface area contributed by atoms with Crippen molar-refractivity contribution in [2.45, 2.75) is 77.1 Å². The van der Waals surface area contributed by atoms with Crippen molar-refractivity contribution in [2.75, 3.05) is 7.11 Å². The number of aliphatic hydroxyl groups excluding tert-OH is 2. The first-order valence-corrected chi connectivity index (χ1v) is 10.5. The van der Waals surface area contributed by atoms with E-state index in [0.717, 1.165) is 24.1 Å². The summed E-state index contributed by atoms with van der Waals surface area (Å²) in [5.74, 6) is 0.0858. The largest absolute Gasteiger partial charge is 0.399 e. The van der Waals surface area contributed by atoms with Crippen LogP contribution in [0.25, 0.3) is 0 Å². The highest BCUT2D eigenvalue weighted by atomic mass is 16.6. The second-order valence-corrected chi connectivity index (χ2v) is 10.0. The summed E-state index contributed by atoms with van der Waals surface area (Å²) >= 11 is 0. The molecule has 6 nitrogen and oxygen atoms in total. The predicted molar refractivity (Wildman–Crippen MR) is 105 cm³/mol. The number of allylic oxidation sites excluding steroid dienone is 1. The zero-order valence-corrected chi connectivity index (χ0v) is 17.3. The lowest BCUT2D eigenvalue weighted by Gasteiger charge is -2.60. The van der Waals surface area contributed by atoms with Gasteiger partial charge in [0.15, 0.2) is 0 Å². The minimum Gasteiger partial charge on any atom is -0.399 e. The molecule has 3 fully saturated rings. The van der Waals surface area contributed by atoms with Gasteiger partial charge in [-0.15, -0.1) is 0 Å². The maximum absolute atomic E-state index is 12.3. The lowest BCUT2D eigenvalue weighted by Crippen LogP contribution is -2.61. The van der Waals surface area contributed by atoms with E-state index < -0.39 is 23.2 Å². The van der Waals surface area contributed by atoms with Crippen LogP contribution >= 0.6 is 0 Å². The molecule has 3 saturated carbocycles. The number of nitrogens with zero attached hydrogens (tertiary/aromatic N) is 1. The van der Waals surface area contributed by atoms with Crippen LogP contribution in [0.2, 0.25) is 0 Å². The van der Waals surface area contributed by atoms with Crippen molar-refractivity contribution in [3.8, 4) is 0 Å². The summed E-state index contributed by atoms with van der Waals surface area (Å²) in [6, 6.07) is 0. The molecule has 4 aliphatic carbocycles. The fraction of sp³-hybridized carbons (Fsp3) is 0.818. The third kappa shape index (κ3) is 2.44. The number of hydrogen-bond acceptors (Lipinski definition) is 6. The summed E-state index contributed by atoms with van der Waals surface area (Å²) in [6.45, 7) is 5.85. The molecular weight excluding hydrogens is 358 g/mol. The number of hydrogen-bond donors (Lipinski definition) is 3. The molecule has 0 aromatic rings. The fourth-order valence-electron chi connectivity index (χ4n) is 7.24. The molecule has 0 aliphatic heterocycles. The molecule has 0 heterocycles. The average molecular weight is 392 g/mol. The molecular formula is C22H33NO5. The van der Waals surface area contributed by atoms with Gasteiger partial charge in [0.2, 0.25) is 0 Å². The quantitative estimate of drug-likeness (QED) is 0.627. The van der Waals surface area contributed by atoms with Gasteiger partial charge in [0.05, 0.1) is 23.5 Å². The van der Waals surface area contributed by atoms with Gasteiger partial charge < -0.3 is 20.2 Å². The number of rotatable bonds is 2. The molecule has 8 unspecified atom stereocenters. The molecule has 0 amide bonds. The molecule has 4 rings (SSSR count). The smallest absolute Gasteiger partial charge is 0.133 e. The number of oxime groups is 1. The van der Waals surface area contributed by atoms with Crippen LogP contribution in [0, 0.1) is 28.6 Å². The third-order valence-electron chi connectivity index (χ3n) is 8.82. The van der Waals surface area contributed by atoms with Crippen LogP contribution in [0.3, 0.4) is 0 Å². The average Bonchev–Trinajstić information content (AvgIpc) is 2.89. The van der Waals surface area contributed by atoms with Crippen molar-refractivity contribution in [2.24, 2.45) is 33.7 Å². The van der Waals surface area contributed by atoms with E-state index in [2.05, 4.69) is 19.0 Å². The molecule has 8 atom stereocenters. The zero-order chi connectivity index (χ0) is 20.5. The lowest BCUT2D eigenvalue weighted by atomic mass is 9.46. The van der Waals surface area contributed by atoms with Crippen molar-refractivity contribution in [3.05, 3.63) is 11.6 Å². The van der Waals surface area contributed by atoms with Gasteiger partial charge in [-0.1, -0.05) is 19.0 Å². The summed E-state index contributed by atoms with van der Waals surface area (Å²) in [5.41, 5.74) is -0.161. The first-order chi connectivity index (χ1) is 13.1. The van der Waals surface area contributed by atoms with Crippen LogP contribution in [-0.4, -0.2) is 51.7 Å². The van der Waals surface area contributed by atoms with Crippen LogP contribution in [0.15, 0.2) is 16.8 Å². The first-order valence-electron chi connectivity index (χ1n) is 10.5. The molecule has 0 saturated heterocycles. The Morgan fingerprint density at radius 1 is 1.18 bits per heavy atom. The summed E-state index contributed by atoms with van der Waals surface area (Å²) < 4.78 is 0. The summed E-state index contributed by atoms with van der Waals surface area (Å²) in [6.07, 6.45) is 4.25. The SMILES string of the molecule is CON=C1C=C2C(CCC3(C)C(C(C)=O)CCC23O)C2(C)CC(O)C(O)CC12. The minimum absolute atomic E-state index is 0.0300. The highest BCUT2D eigenvalue weighted by Gasteiger charge is 2.66. The Balaban J connectivity index is 1.85. The Hall–Kier alpha value is -1.24. The van der Waals surface area contributed by atoms with E-state index in [1.807, 2.05) is 6.08 Å². The number of aliphatic hydroxyl groups is 3.